The van der Waals surface area contributed by atoms with Crippen LogP contribution in [0, 0.1) is 5.82 Å². The summed E-state index contributed by atoms with van der Waals surface area (Å²) in [4.78, 5) is 0. The van der Waals surface area contributed by atoms with Crippen LogP contribution >= 0.6 is 15.9 Å². The van der Waals surface area contributed by atoms with Gasteiger partial charge in [-0.3, -0.25) is 0 Å². The van der Waals surface area contributed by atoms with Crippen LogP contribution in [0.25, 0.3) is 0 Å². The summed E-state index contributed by atoms with van der Waals surface area (Å²) in [5.74, 6) is 0.417. The second kappa shape index (κ2) is 4.57. The van der Waals surface area contributed by atoms with Crippen molar-refractivity contribution >= 4 is 27.3 Å². The molecule has 5 heteroatoms. The number of furan rings is 1. The number of rotatable bonds is 3. The Bertz CT molecular complexity index is 485. The largest absolute Gasteiger partial charge is 0.467 e. The number of nitrogens with two attached hydrogens (primary N) is 1. The minimum Gasteiger partial charge on any atom is -0.467 e. The van der Waals surface area contributed by atoms with E-state index in [2.05, 4.69) is 21.2 Å². The van der Waals surface area contributed by atoms with Crippen molar-refractivity contribution in [1.82, 2.24) is 0 Å². The Kier molecular flexibility index (Phi) is 3.14. The van der Waals surface area contributed by atoms with Crippen molar-refractivity contribution < 1.29 is 8.81 Å². The fourth-order valence-corrected chi connectivity index (χ4v) is 1.65. The average molecular weight is 285 g/mol. The van der Waals surface area contributed by atoms with Crippen molar-refractivity contribution in [2.45, 2.75) is 6.54 Å². The third-order valence-electron chi connectivity index (χ3n) is 2.13. The molecule has 1 aromatic carbocycles. The minimum absolute atomic E-state index is 0.368. The van der Waals surface area contributed by atoms with Crippen molar-refractivity contribution in [3.63, 3.8) is 0 Å². The molecule has 0 unspecified atom stereocenters. The number of hydrogen-bond donors (Lipinski definition) is 2. The minimum atomic E-state index is -0.374. The predicted octanol–water partition coefficient (Wildman–Crippen LogP) is 3.38. The lowest BCUT2D eigenvalue weighted by atomic mass is 10.2. The van der Waals surface area contributed by atoms with E-state index in [1.807, 2.05) is 6.07 Å². The highest BCUT2D eigenvalue weighted by Gasteiger charge is 2.06. The lowest BCUT2D eigenvalue weighted by molar-refractivity contribution is 0.518. The van der Waals surface area contributed by atoms with Crippen LogP contribution in [0.1, 0.15) is 5.76 Å². The van der Waals surface area contributed by atoms with Crippen molar-refractivity contribution in [2.24, 2.45) is 0 Å². The number of anilines is 2. The summed E-state index contributed by atoms with van der Waals surface area (Å²) >= 11 is 3.10. The van der Waals surface area contributed by atoms with Gasteiger partial charge in [0.05, 0.1) is 28.7 Å². The van der Waals surface area contributed by atoms with Crippen LogP contribution in [0.3, 0.4) is 0 Å². The first-order chi connectivity index (χ1) is 7.66. The molecule has 0 radical (unpaired) electrons. The lowest BCUT2D eigenvalue weighted by Gasteiger charge is -2.08. The van der Waals surface area contributed by atoms with Crippen molar-refractivity contribution in [3.05, 3.63) is 46.6 Å². The molecule has 2 rings (SSSR count). The van der Waals surface area contributed by atoms with Crippen LogP contribution in [-0.2, 0) is 6.54 Å². The van der Waals surface area contributed by atoms with Crippen LogP contribution < -0.4 is 11.1 Å². The van der Waals surface area contributed by atoms with E-state index in [4.69, 9.17) is 10.2 Å². The topological polar surface area (TPSA) is 51.2 Å². The third kappa shape index (κ3) is 2.36. The highest BCUT2D eigenvalue weighted by molar-refractivity contribution is 9.10. The Hall–Kier alpha value is -1.49. The second-order valence-corrected chi connectivity index (χ2v) is 4.14. The maximum atomic E-state index is 13.1. The number of hydrogen-bond acceptors (Lipinski definition) is 3. The van der Waals surface area contributed by atoms with Gasteiger partial charge in [0.2, 0.25) is 0 Å². The quantitative estimate of drug-likeness (QED) is 0.850. The first-order valence-electron chi connectivity index (χ1n) is 4.67. The smallest absolute Gasteiger partial charge is 0.139 e. The van der Waals surface area contributed by atoms with Crippen molar-refractivity contribution in [1.29, 1.82) is 0 Å². The molecule has 0 aliphatic heterocycles. The lowest BCUT2D eigenvalue weighted by Crippen LogP contribution is -2.02. The molecule has 0 aliphatic rings. The molecule has 1 aromatic heterocycles. The molecule has 2 aromatic rings. The van der Waals surface area contributed by atoms with E-state index in [-0.39, 0.29) is 5.82 Å². The molecule has 0 aliphatic carbocycles. The number of nitrogens with one attached hydrogen (secondary N) is 1. The van der Waals surface area contributed by atoms with Gasteiger partial charge in [-0.1, -0.05) is 0 Å². The molecule has 0 fully saturated rings. The summed E-state index contributed by atoms with van der Waals surface area (Å²) < 4.78 is 18.6. The summed E-state index contributed by atoms with van der Waals surface area (Å²) in [6.07, 6.45) is 1.60. The first-order valence-corrected chi connectivity index (χ1v) is 5.47. The molecule has 0 spiro atoms. The van der Waals surface area contributed by atoms with Crippen molar-refractivity contribution in [2.75, 3.05) is 11.1 Å². The first kappa shape index (κ1) is 11.0. The Morgan fingerprint density at radius 2 is 2.25 bits per heavy atom. The highest BCUT2D eigenvalue weighted by Crippen LogP contribution is 2.26. The van der Waals surface area contributed by atoms with Crippen LogP contribution in [0.4, 0.5) is 15.8 Å². The Balaban J connectivity index is 2.12. The standard InChI is InChI=1S/C11H10BrFN2O/c12-8-4-11(10(14)5-9(8)13)15-6-7-2-1-3-16-7/h1-5,15H,6,14H2. The summed E-state index contributed by atoms with van der Waals surface area (Å²) in [7, 11) is 0. The van der Waals surface area contributed by atoms with Crippen LogP contribution in [-0.4, -0.2) is 0 Å². The van der Waals surface area contributed by atoms with Gasteiger partial charge in [-0.15, -0.1) is 0 Å². The van der Waals surface area contributed by atoms with Gasteiger partial charge >= 0.3 is 0 Å². The normalized spacial score (nSPS) is 10.4. The van der Waals surface area contributed by atoms with Crippen LogP contribution in [0.5, 0.6) is 0 Å². The molecule has 0 bridgehead atoms. The van der Waals surface area contributed by atoms with E-state index in [0.717, 1.165) is 5.76 Å². The maximum Gasteiger partial charge on any atom is 0.139 e. The van der Waals surface area contributed by atoms with Crippen molar-refractivity contribution in [3.8, 4) is 0 Å². The van der Waals surface area contributed by atoms with E-state index in [1.165, 1.54) is 6.07 Å². The molecule has 0 saturated carbocycles. The highest BCUT2D eigenvalue weighted by atomic mass is 79.9. The van der Waals surface area contributed by atoms with Gasteiger partial charge in [-0.2, -0.15) is 0 Å². The molecular formula is C11H10BrFN2O. The Morgan fingerprint density at radius 3 is 2.94 bits per heavy atom. The predicted molar refractivity (Wildman–Crippen MR) is 64.5 cm³/mol. The molecule has 16 heavy (non-hydrogen) atoms. The number of benzene rings is 1. The van der Waals surface area contributed by atoms with Gasteiger partial charge in [0, 0.05) is 6.07 Å². The maximum absolute atomic E-state index is 13.1. The zero-order valence-corrected chi connectivity index (χ0v) is 9.92. The molecule has 0 atom stereocenters. The number of halogens is 2. The molecule has 84 valence electrons. The molecule has 3 N–H and O–H groups in total. The van der Waals surface area contributed by atoms with Crippen LogP contribution in [0.2, 0.25) is 0 Å². The summed E-state index contributed by atoms with van der Waals surface area (Å²) in [5.41, 5.74) is 6.71. The fraction of sp³-hybridized carbons (Fsp3) is 0.0909. The van der Waals surface area contributed by atoms with Gasteiger partial charge < -0.3 is 15.5 Å². The summed E-state index contributed by atoms with van der Waals surface area (Å²) in [6.45, 7) is 0.509. The van der Waals surface area contributed by atoms with Gasteiger partial charge in [0.1, 0.15) is 11.6 Å². The Morgan fingerprint density at radius 1 is 1.44 bits per heavy atom. The van der Waals surface area contributed by atoms with Crippen LogP contribution in [0.15, 0.2) is 39.4 Å². The SMILES string of the molecule is Nc1cc(F)c(Br)cc1NCc1ccco1. The molecule has 0 saturated heterocycles. The van der Waals surface area contributed by atoms with E-state index in [1.54, 1.807) is 18.4 Å². The monoisotopic (exact) mass is 284 g/mol. The summed E-state index contributed by atoms with van der Waals surface area (Å²) in [5, 5.41) is 3.07. The molecule has 0 amide bonds. The second-order valence-electron chi connectivity index (χ2n) is 3.29. The Labute approximate surface area is 101 Å². The van der Waals surface area contributed by atoms with E-state index in [9.17, 15) is 4.39 Å². The van der Waals surface area contributed by atoms with Gasteiger partial charge in [-0.25, -0.2) is 4.39 Å². The third-order valence-corrected chi connectivity index (χ3v) is 2.73. The molecule has 3 nitrogen and oxygen atoms in total. The van der Waals surface area contributed by atoms with E-state index >= 15 is 0 Å². The zero-order chi connectivity index (χ0) is 11.5. The molecular weight excluding hydrogens is 275 g/mol. The molecule has 1 heterocycles. The fourth-order valence-electron chi connectivity index (χ4n) is 1.31. The number of nitrogen functional groups attached to an aromatic ring is 1. The van der Waals surface area contributed by atoms with Gasteiger partial charge in [0.25, 0.3) is 0 Å². The van der Waals surface area contributed by atoms with Gasteiger partial charge in [0.15, 0.2) is 0 Å². The zero-order valence-electron chi connectivity index (χ0n) is 8.34. The van der Waals surface area contributed by atoms with Gasteiger partial charge in [-0.05, 0) is 34.1 Å². The van der Waals surface area contributed by atoms with E-state index < -0.39 is 0 Å². The summed E-state index contributed by atoms with van der Waals surface area (Å²) in [6, 6.07) is 6.53. The van der Waals surface area contributed by atoms with E-state index in [0.29, 0.717) is 22.4 Å². The average Bonchev–Trinajstić information content (AvgIpc) is 2.74.